The van der Waals surface area contributed by atoms with Gasteiger partial charge in [0.2, 0.25) is 0 Å². The highest BCUT2D eigenvalue weighted by molar-refractivity contribution is 7.98. The van der Waals surface area contributed by atoms with Crippen LogP contribution in [0.3, 0.4) is 0 Å². The molecule has 0 spiro atoms. The van der Waals surface area contributed by atoms with Crippen LogP contribution in [0.2, 0.25) is 5.02 Å². The molecule has 1 aromatic rings. The molecule has 0 saturated heterocycles. The highest BCUT2D eigenvalue weighted by atomic mass is 35.5. The third kappa shape index (κ3) is 2.38. The average Bonchev–Trinajstić information content (AvgIpc) is 2.05. The molecule has 0 heterocycles. The summed E-state index contributed by atoms with van der Waals surface area (Å²) in [5.74, 6) is 0. The summed E-state index contributed by atoms with van der Waals surface area (Å²) in [4.78, 5) is 1.05. The molecule has 0 aliphatic heterocycles. The first kappa shape index (κ1) is 9.86. The van der Waals surface area contributed by atoms with Crippen molar-refractivity contribution in [3.05, 3.63) is 28.8 Å². The molecule has 0 bridgehead atoms. The molecule has 4 heteroatoms. The quantitative estimate of drug-likeness (QED) is 0.585. The van der Waals surface area contributed by atoms with Crippen LogP contribution in [0, 0.1) is 0 Å². The second-order valence-electron chi connectivity index (χ2n) is 2.30. The molecule has 0 amide bonds. The highest BCUT2D eigenvalue weighted by Gasteiger charge is 1.99. The van der Waals surface area contributed by atoms with Gasteiger partial charge in [0.15, 0.2) is 0 Å². The number of rotatable bonds is 3. The van der Waals surface area contributed by atoms with E-state index in [1.165, 1.54) is 0 Å². The van der Waals surface area contributed by atoms with Gasteiger partial charge in [-0.3, -0.25) is 0 Å². The molecule has 0 atom stereocenters. The molecule has 1 aromatic carbocycles. The van der Waals surface area contributed by atoms with Crippen LogP contribution >= 0.6 is 23.4 Å². The van der Waals surface area contributed by atoms with E-state index < -0.39 is 0 Å². The minimum absolute atomic E-state index is 0.425. The van der Waals surface area contributed by atoms with Gasteiger partial charge in [-0.1, -0.05) is 17.7 Å². The Morgan fingerprint density at radius 1 is 1.58 bits per heavy atom. The SMILES string of the molecule is CSc1ccc(CNO)cc1Cl. The molecule has 2 nitrogen and oxygen atoms in total. The summed E-state index contributed by atoms with van der Waals surface area (Å²) in [5, 5.41) is 9.17. The van der Waals surface area contributed by atoms with Gasteiger partial charge >= 0.3 is 0 Å². The maximum absolute atomic E-state index is 8.44. The Hall–Kier alpha value is -0.220. The third-order valence-corrected chi connectivity index (χ3v) is 2.72. The van der Waals surface area contributed by atoms with Crippen LogP contribution in [0.1, 0.15) is 5.56 Å². The minimum atomic E-state index is 0.425. The van der Waals surface area contributed by atoms with Crippen molar-refractivity contribution in [2.24, 2.45) is 0 Å². The molecule has 0 aromatic heterocycles. The first-order valence-electron chi connectivity index (χ1n) is 3.47. The van der Waals surface area contributed by atoms with E-state index in [2.05, 4.69) is 5.48 Å². The van der Waals surface area contributed by atoms with Crippen molar-refractivity contribution in [3.8, 4) is 0 Å². The van der Waals surface area contributed by atoms with Crippen molar-refractivity contribution in [1.29, 1.82) is 0 Å². The van der Waals surface area contributed by atoms with Gasteiger partial charge < -0.3 is 5.21 Å². The van der Waals surface area contributed by atoms with E-state index >= 15 is 0 Å². The summed E-state index contributed by atoms with van der Waals surface area (Å²) < 4.78 is 0. The van der Waals surface area contributed by atoms with Gasteiger partial charge in [0, 0.05) is 11.4 Å². The molecule has 0 unspecified atom stereocenters. The number of hydrogen-bond donors (Lipinski definition) is 2. The fraction of sp³-hybridized carbons (Fsp3) is 0.250. The van der Waals surface area contributed by atoms with E-state index in [-0.39, 0.29) is 0 Å². The lowest BCUT2D eigenvalue weighted by Crippen LogP contribution is -2.05. The minimum Gasteiger partial charge on any atom is -0.316 e. The molecule has 0 aliphatic carbocycles. The van der Waals surface area contributed by atoms with E-state index in [9.17, 15) is 0 Å². The Kier molecular flexibility index (Phi) is 3.88. The molecule has 66 valence electrons. The number of benzene rings is 1. The first-order valence-corrected chi connectivity index (χ1v) is 5.07. The Labute approximate surface area is 80.9 Å². The van der Waals surface area contributed by atoms with Crippen LogP contribution in [0.25, 0.3) is 0 Å². The zero-order valence-electron chi connectivity index (χ0n) is 6.67. The van der Waals surface area contributed by atoms with E-state index in [1.54, 1.807) is 11.8 Å². The van der Waals surface area contributed by atoms with Crippen molar-refractivity contribution in [2.75, 3.05) is 6.26 Å². The molecule has 0 aliphatic rings. The smallest absolute Gasteiger partial charge is 0.0544 e. The van der Waals surface area contributed by atoms with Gasteiger partial charge in [-0.25, -0.2) is 5.48 Å². The van der Waals surface area contributed by atoms with Crippen molar-refractivity contribution in [3.63, 3.8) is 0 Å². The van der Waals surface area contributed by atoms with Crippen molar-refractivity contribution in [1.82, 2.24) is 5.48 Å². The molecule has 12 heavy (non-hydrogen) atoms. The standard InChI is InChI=1S/C8H10ClNOS/c1-12-8-3-2-6(5-10-11)4-7(8)9/h2-4,10-11H,5H2,1H3. The van der Waals surface area contributed by atoms with Crippen LogP contribution in [0.4, 0.5) is 0 Å². The summed E-state index contributed by atoms with van der Waals surface area (Å²) in [6.07, 6.45) is 1.98. The monoisotopic (exact) mass is 203 g/mol. The maximum atomic E-state index is 8.44. The van der Waals surface area contributed by atoms with Gasteiger partial charge in [0.05, 0.1) is 5.02 Å². The topological polar surface area (TPSA) is 32.3 Å². The zero-order chi connectivity index (χ0) is 8.97. The van der Waals surface area contributed by atoms with Crippen LogP contribution in [0.5, 0.6) is 0 Å². The maximum Gasteiger partial charge on any atom is 0.0544 e. The molecular weight excluding hydrogens is 194 g/mol. The molecule has 0 fully saturated rings. The molecule has 2 N–H and O–H groups in total. The Morgan fingerprint density at radius 2 is 2.33 bits per heavy atom. The molecular formula is C8H10ClNOS. The van der Waals surface area contributed by atoms with Gasteiger partial charge in [-0.05, 0) is 24.0 Å². The van der Waals surface area contributed by atoms with Crippen molar-refractivity contribution in [2.45, 2.75) is 11.4 Å². The summed E-state index contributed by atoms with van der Waals surface area (Å²) in [6, 6.07) is 5.72. The lowest BCUT2D eigenvalue weighted by atomic mass is 10.2. The van der Waals surface area contributed by atoms with Crippen LogP contribution in [0.15, 0.2) is 23.1 Å². The lowest BCUT2D eigenvalue weighted by Gasteiger charge is -2.03. The van der Waals surface area contributed by atoms with Gasteiger partial charge in [-0.15, -0.1) is 11.8 Å². The zero-order valence-corrected chi connectivity index (χ0v) is 8.25. The molecule has 0 saturated carbocycles. The van der Waals surface area contributed by atoms with Crippen LogP contribution in [-0.2, 0) is 6.54 Å². The normalized spacial score (nSPS) is 10.2. The summed E-state index contributed by atoms with van der Waals surface area (Å²) in [7, 11) is 0. The lowest BCUT2D eigenvalue weighted by molar-refractivity contribution is 0.161. The average molecular weight is 204 g/mol. The fourth-order valence-corrected chi connectivity index (χ4v) is 1.80. The Balaban J connectivity index is 2.86. The molecule has 0 radical (unpaired) electrons. The summed E-state index contributed by atoms with van der Waals surface area (Å²) in [5.41, 5.74) is 3.06. The van der Waals surface area contributed by atoms with E-state index in [0.717, 1.165) is 15.5 Å². The van der Waals surface area contributed by atoms with Crippen molar-refractivity contribution >= 4 is 23.4 Å². The van der Waals surface area contributed by atoms with Gasteiger partial charge in [0.1, 0.15) is 0 Å². The number of hydrogen-bond acceptors (Lipinski definition) is 3. The Bertz CT molecular complexity index is 267. The number of nitrogens with one attached hydrogen (secondary N) is 1. The first-order chi connectivity index (χ1) is 5.77. The third-order valence-electron chi connectivity index (χ3n) is 1.50. The van der Waals surface area contributed by atoms with Crippen LogP contribution < -0.4 is 5.48 Å². The van der Waals surface area contributed by atoms with E-state index in [1.807, 2.05) is 24.5 Å². The van der Waals surface area contributed by atoms with E-state index in [4.69, 9.17) is 16.8 Å². The molecule has 1 rings (SSSR count). The van der Waals surface area contributed by atoms with Crippen molar-refractivity contribution < 1.29 is 5.21 Å². The number of thioether (sulfide) groups is 1. The predicted octanol–water partition coefficient (Wildman–Crippen LogP) is 2.54. The second-order valence-corrected chi connectivity index (χ2v) is 3.56. The van der Waals surface area contributed by atoms with Gasteiger partial charge in [0.25, 0.3) is 0 Å². The van der Waals surface area contributed by atoms with Crippen LogP contribution in [-0.4, -0.2) is 11.5 Å². The summed E-state index contributed by atoms with van der Waals surface area (Å²) >= 11 is 7.54. The largest absolute Gasteiger partial charge is 0.316 e. The number of hydroxylamine groups is 1. The number of halogens is 1. The fourth-order valence-electron chi connectivity index (χ4n) is 0.911. The summed E-state index contributed by atoms with van der Waals surface area (Å²) in [6.45, 7) is 0.425. The highest BCUT2D eigenvalue weighted by Crippen LogP contribution is 2.25. The second kappa shape index (κ2) is 4.72. The Morgan fingerprint density at radius 3 is 2.83 bits per heavy atom. The van der Waals surface area contributed by atoms with E-state index in [0.29, 0.717) is 6.54 Å². The predicted molar refractivity (Wildman–Crippen MR) is 51.9 cm³/mol. The van der Waals surface area contributed by atoms with Gasteiger partial charge in [-0.2, -0.15) is 0 Å².